The number of esters is 1. The molecule has 17 heteroatoms. The molecule has 0 unspecified atom stereocenters. The van der Waals surface area contributed by atoms with Gasteiger partial charge in [-0.2, -0.15) is 10.2 Å². The molecule has 0 saturated heterocycles. The van der Waals surface area contributed by atoms with Crippen LogP contribution in [0.3, 0.4) is 0 Å². The summed E-state index contributed by atoms with van der Waals surface area (Å²) in [4.78, 5) is 44.1. The molecular weight excluding hydrogens is 655 g/mol. The van der Waals surface area contributed by atoms with Crippen molar-refractivity contribution in [3.63, 3.8) is 0 Å². The zero-order valence-electron chi connectivity index (χ0n) is 26.9. The molecule has 252 valence electrons. The molecule has 0 aromatic carbocycles. The van der Waals surface area contributed by atoms with Crippen molar-refractivity contribution in [2.24, 2.45) is 14.1 Å². The molecular formula is C30H36Cl2N8O7. The highest BCUT2D eigenvalue weighted by Crippen LogP contribution is 2.22. The van der Waals surface area contributed by atoms with Crippen molar-refractivity contribution < 1.29 is 24.1 Å². The summed E-state index contributed by atoms with van der Waals surface area (Å²) >= 11 is 11.7. The normalized spacial score (nSPS) is 11.2. The zero-order chi connectivity index (χ0) is 34.9. The highest BCUT2D eigenvalue weighted by molar-refractivity contribution is 6.29. The maximum absolute atomic E-state index is 12.0. The van der Waals surface area contributed by atoms with Crippen LogP contribution in [0.2, 0.25) is 10.3 Å². The number of carbonyl (C=O) groups excluding carboxylic acids is 1. The number of hydrogen-bond donors (Lipinski definition) is 3. The third-order valence-corrected chi connectivity index (χ3v) is 6.35. The van der Waals surface area contributed by atoms with E-state index >= 15 is 0 Å². The lowest BCUT2D eigenvalue weighted by molar-refractivity contribution is -0.158. The summed E-state index contributed by atoms with van der Waals surface area (Å²) in [6.07, 6.45) is 2.95. The van der Waals surface area contributed by atoms with E-state index in [-0.39, 0.29) is 46.0 Å². The van der Waals surface area contributed by atoms with E-state index in [0.717, 1.165) is 9.36 Å². The van der Waals surface area contributed by atoms with Gasteiger partial charge in [-0.3, -0.25) is 9.59 Å². The fourth-order valence-electron chi connectivity index (χ4n) is 3.62. The number of nitrogens with zero attached hydrogens (tertiary/aromatic N) is 6. The molecule has 0 radical (unpaired) electrons. The molecule has 0 saturated carbocycles. The molecule has 4 rings (SSSR count). The average molecular weight is 692 g/mol. The SMILES string of the molecule is CCOC(=O)C(C)(C)Oc1ccc(Nc2cc(Cl)nn(C)c2=O)nc1.Cn1nc(Cl)cc(Nc2ccc(OC(C)(C)CO)cn2)c1=O. The maximum Gasteiger partial charge on any atom is 0.349 e. The molecule has 0 aliphatic rings. The number of rotatable bonds is 11. The van der Waals surface area contributed by atoms with Gasteiger partial charge in [-0.05, 0) is 58.9 Å². The van der Waals surface area contributed by atoms with Gasteiger partial charge in [0.05, 0.1) is 25.6 Å². The van der Waals surface area contributed by atoms with Crippen molar-refractivity contribution in [3.8, 4) is 11.5 Å². The summed E-state index contributed by atoms with van der Waals surface area (Å²) < 4.78 is 18.4. The summed E-state index contributed by atoms with van der Waals surface area (Å²) in [7, 11) is 3.02. The fourth-order valence-corrected chi connectivity index (χ4v) is 4.07. The van der Waals surface area contributed by atoms with E-state index in [1.165, 1.54) is 38.6 Å². The number of halogens is 2. The molecule has 47 heavy (non-hydrogen) atoms. The molecule has 0 spiro atoms. The predicted octanol–water partition coefficient (Wildman–Crippen LogP) is 4.01. The van der Waals surface area contributed by atoms with Crippen LogP contribution in [0.1, 0.15) is 34.6 Å². The summed E-state index contributed by atoms with van der Waals surface area (Å²) in [6, 6.07) is 9.45. The second-order valence-electron chi connectivity index (χ2n) is 11.0. The quantitative estimate of drug-likeness (QED) is 0.192. The Bertz CT molecular complexity index is 1790. The van der Waals surface area contributed by atoms with E-state index in [1.54, 1.807) is 58.9 Å². The minimum atomic E-state index is -1.14. The smallest absolute Gasteiger partial charge is 0.349 e. The molecule has 3 N–H and O–H groups in total. The highest BCUT2D eigenvalue weighted by atomic mass is 35.5. The molecule has 0 amide bonds. The van der Waals surface area contributed by atoms with Crippen molar-refractivity contribution in [3.05, 3.63) is 79.8 Å². The van der Waals surface area contributed by atoms with Gasteiger partial charge in [0.15, 0.2) is 15.9 Å². The van der Waals surface area contributed by atoms with E-state index < -0.39 is 17.2 Å². The number of pyridine rings is 2. The molecule has 4 aromatic rings. The van der Waals surface area contributed by atoms with Gasteiger partial charge in [-0.1, -0.05) is 23.2 Å². The van der Waals surface area contributed by atoms with Gasteiger partial charge >= 0.3 is 5.97 Å². The Morgan fingerprint density at radius 3 is 1.66 bits per heavy atom. The standard InChI is InChI=1S/C16H19ClN4O4.C14H17ClN4O3/c1-5-24-15(23)16(2,3)25-10-6-7-13(18-9-10)19-11-8-12(17)20-21(4)14(11)22;1-14(2,8-20)22-9-4-5-12(16-7-9)17-10-6-11(15)18-19(3)13(10)21/h6-9H,5H2,1-4H3,(H,18,19);4-7,20H,8H2,1-3H3,(H,16,17). The topological polar surface area (TPSA) is 185 Å². The number of anilines is 4. The van der Waals surface area contributed by atoms with Crippen LogP contribution in [0.4, 0.5) is 23.0 Å². The van der Waals surface area contributed by atoms with Crippen LogP contribution in [0, 0.1) is 0 Å². The molecule has 4 aromatic heterocycles. The lowest BCUT2D eigenvalue weighted by atomic mass is 10.1. The Hall–Kier alpha value is -4.73. The molecule has 0 aliphatic carbocycles. The van der Waals surface area contributed by atoms with E-state index in [2.05, 4.69) is 30.8 Å². The van der Waals surface area contributed by atoms with E-state index in [0.29, 0.717) is 23.1 Å². The first-order valence-electron chi connectivity index (χ1n) is 14.1. The summed E-state index contributed by atoms with van der Waals surface area (Å²) in [5, 5.41) is 22.9. The molecule has 0 aliphatic heterocycles. The second kappa shape index (κ2) is 15.7. The fraction of sp³-hybridized carbons (Fsp3) is 0.367. The lowest BCUT2D eigenvalue weighted by Crippen LogP contribution is -2.39. The number of aliphatic hydroxyl groups is 1. The third-order valence-electron chi connectivity index (χ3n) is 5.98. The average Bonchev–Trinajstić information content (AvgIpc) is 3.00. The Morgan fingerprint density at radius 1 is 0.830 bits per heavy atom. The first kappa shape index (κ1) is 36.7. The van der Waals surface area contributed by atoms with Crippen LogP contribution in [0.25, 0.3) is 0 Å². The lowest BCUT2D eigenvalue weighted by Gasteiger charge is -2.23. The predicted molar refractivity (Wildman–Crippen MR) is 177 cm³/mol. The highest BCUT2D eigenvalue weighted by Gasteiger charge is 2.31. The summed E-state index contributed by atoms with van der Waals surface area (Å²) in [6.45, 7) is 8.64. The number of hydrogen-bond acceptors (Lipinski definition) is 13. The van der Waals surface area contributed by atoms with Crippen LogP contribution in [0.15, 0.2) is 58.4 Å². The van der Waals surface area contributed by atoms with Crippen molar-refractivity contribution in [2.45, 2.75) is 45.8 Å². The van der Waals surface area contributed by atoms with Gasteiger partial charge < -0.3 is 30.0 Å². The number of aliphatic hydroxyl groups excluding tert-OH is 1. The van der Waals surface area contributed by atoms with Gasteiger partial charge in [0.1, 0.15) is 40.1 Å². The number of aryl methyl sites for hydroxylation is 2. The molecule has 0 atom stereocenters. The minimum absolute atomic E-state index is 0.113. The summed E-state index contributed by atoms with van der Waals surface area (Å²) in [5.41, 5.74) is -1.95. The molecule has 0 bridgehead atoms. The van der Waals surface area contributed by atoms with E-state index in [9.17, 15) is 19.5 Å². The van der Waals surface area contributed by atoms with Gasteiger partial charge in [-0.25, -0.2) is 24.1 Å². The number of nitrogens with one attached hydrogen (secondary N) is 2. The van der Waals surface area contributed by atoms with Crippen LogP contribution in [0.5, 0.6) is 11.5 Å². The van der Waals surface area contributed by atoms with Crippen LogP contribution >= 0.6 is 23.2 Å². The number of carbonyl (C=O) groups is 1. The van der Waals surface area contributed by atoms with Crippen molar-refractivity contribution in [1.82, 2.24) is 29.5 Å². The first-order chi connectivity index (χ1) is 22.0. The van der Waals surface area contributed by atoms with Gasteiger partial charge in [0.25, 0.3) is 11.1 Å². The van der Waals surface area contributed by atoms with Gasteiger partial charge in [0.2, 0.25) is 0 Å². The zero-order valence-corrected chi connectivity index (χ0v) is 28.4. The Labute approximate surface area is 280 Å². The monoisotopic (exact) mass is 690 g/mol. The van der Waals surface area contributed by atoms with E-state index in [4.69, 9.17) is 37.4 Å². The van der Waals surface area contributed by atoms with Gasteiger partial charge in [0, 0.05) is 26.2 Å². The molecule has 0 fully saturated rings. The first-order valence-corrected chi connectivity index (χ1v) is 14.9. The molecule has 4 heterocycles. The summed E-state index contributed by atoms with van der Waals surface area (Å²) in [5.74, 6) is 1.33. The Balaban J connectivity index is 0.000000257. The Morgan fingerprint density at radius 2 is 1.28 bits per heavy atom. The number of aromatic nitrogens is 6. The maximum atomic E-state index is 12.0. The van der Waals surface area contributed by atoms with E-state index in [1.807, 2.05) is 0 Å². The third kappa shape index (κ3) is 10.7. The van der Waals surface area contributed by atoms with Crippen LogP contribution < -0.4 is 31.2 Å². The number of ether oxygens (including phenoxy) is 3. The van der Waals surface area contributed by atoms with Gasteiger partial charge in [-0.15, -0.1) is 0 Å². The second-order valence-corrected chi connectivity index (χ2v) is 11.8. The molecule has 15 nitrogen and oxygen atoms in total. The van der Waals surface area contributed by atoms with Crippen molar-refractivity contribution in [1.29, 1.82) is 0 Å². The largest absolute Gasteiger partial charge is 0.484 e. The van der Waals surface area contributed by atoms with Crippen molar-refractivity contribution >= 4 is 52.2 Å². The minimum Gasteiger partial charge on any atom is -0.484 e. The van der Waals surface area contributed by atoms with Crippen molar-refractivity contribution in [2.75, 3.05) is 23.8 Å². The Kier molecular flexibility index (Phi) is 12.3. The van der Waals surface area contributed by atoms with Crippen LogP contribution in [-0.2, 0) is 23.6 Å². The van der Waals surface area contributed by atoms with Crippen LogP contribution in [-0.4, -0.2) is 65.0 Å².